The lowest BCUT2D eigenvalue weighted by atomic mass is 10.1. The number of methoxy groups -OCH3 is 1. The number of aliphatic imine (C=N–C) groups is 1. The fourth-order valence-electron chi connectivity index (χ4n) is 4.11. The lowest BCUT2D eigenvalue weighted by molar-refractivity contribution is -0.137. The summed E-state index contributed by atoms with van der Waals surface area (Å²) >= 11 is 6.26. The van der Waals surface area contributed by atoms with Gasteiger partial charge in [0.2, 0.25) is 5.96 Å². The molecular formula is C20H24ClN5O3. The van der Waals surface area contributed by atoms with Gasteiger partial charge in [0.25, 0.3) is 5.91 Å². The largest absolute Gasteiger partial charge is 0.383 e. The molecule has 3 amide bonds. The van der Waals surface area contributed by atoms with Crippen LogP contribution >= 0.6 is 11.6 Å². The number of hydrogen-bond acceptors (Lipinski definition) is 6. The maximum Gasteiger partial charge on any atom is 0.328 e. The summed E-state index contributed by atoms with van der Waals surface area (Å²) in [6.45, 7) is 6.47. The predicted octanol–water partition coefficient (Wildman–Crippen LogP) is 2.63. The number of ether oxygens (including phenoxy) is 1. The zero-order valence-electron chi connectivity index (χ0n) is 17.1. The highest BCUT2D eigenvalue weighted by Gasteiger charge is 2.55. The number of hydrogen-bond donors (Lipinski definition) is 0. The van der Waals surface area contributed by atoms with Crippen LogP contribution in [0.5, 0.6) is 0 Å². The van der Waals surface area contributed by atoms with Crippen molar-refractivity contribution in [3.8, 4) is 0 Å². The highest BCUT2D eigenvalue weighted by molar-refractivity contribution is 6.31. The summed E-state index contributed by atoms with van der Waals surface area (Å²) in [5.41, 5.74) is 3.85. The number of anilines is 1. The van der Waals surface area contributed by atoms with E-state index in [2.05, 4.69) is 0 Å². The first-order valence-corrected chi connectivity index (χ1v) is 9.83. The van der Waals surface area contributed by atoms with Crippen LogP contribution in [-0.4, -0.2) is 72.1 Å². The van der Waals surface area contributed by atoms with Crippen LogP contribution in [0.4, 0.5) is 10.5 Å². The Kier molecular flexibility index (Phi) is 4.78. The van der Waals surface area contributed by atoms with E-state index in [1.54, 1.807) is 14.2 Å². The number of likely N-dealkylation sites (N-methyl/N-ethyl adjacent to an activating group) is 1. The molecule has 29 heavy (non-hydrogen) atoms. The van der Waals surface area contributed by atoms with Gasteiger partial charge in [-0.15, -0.1) is 0 Å². The van der Waals surface area contributed by atoms with Crippen molar-refractivity contribution in [1.82, 2.24) is 14.7 Å². The molecule has 8 nitrogen and oxygen atoms in total. The number of amides is 3. The first kappa shape index (κ1) is 19.7. The molecule has 0 aromatic heterocycles. The van der Waals surface area contributed by atoms with Gasteiger partial charge in [-0.05, 0) is 38.5 Å². The van der Waals surface area contributed by atoms with Crippen LogP contribution in [0, 0.1) is 6.92 Å². The number of rotatable bonds is 4. The second-order valence-corrected chi connectivity index (χ2v) is 7.91. The third-order valence-corrected chi connectivity index (χ3v) is 6.06. The predicted molar refractivity (Wildman–Crippen MR) is 111 cm³/mol. The minimum Gasteiger partial charge on any atom is -0.383 e. The molecule has 0 bridgehead atoms. The van der Waals surface area contributed by atoms with Crippen LogP contribution in [0.3, 0.4) is 0 Å². The Balaban J connectivity index is 1.77. The molecule has 4 rings (SSSR count). The molecular weight excluding hydrogens is 394 g/mol. The summed E-state index contributed by atoms with van der Waals surface area (Å²) in [4.78, 5) is 37.6. The maximum absolute atomic E-state index is 13.3. The molecule has 0 spiro atoms. The van der Waals surface area contributed by atoms with Crippen LogP contribution in [0.15, 0.2) is 34.6 Å². The first-order chi connectivity index (χ1) is 13.8. The van der Waals surface area contributed by atoms with Crippen molar-refractivity contribution in [2.45, 2.75) is 33.0 Å². The van der Waals surface area contributed by atoms with Crippen LogP contribution in [-0.2, 0) is 9.53 Å². The molecule has 154 valence electrons. The molecule has 2 atom stereocenters. The molecule has 0 saturated carbocycles. The lowest BCUT2D eigenvalue weighted by Gasteiger charge is -2.40. The quantitative estimate of drug-likeness (QED) is 0.753. The number of carbonyl (C=O) groups is 2. The van der Waals surface area contributed by atoms with Gasteiger partial charge in [0.05, 0.1) is 18.8 Å². The molecule has 1 aromatic rings. The van der Waals surface area contributed by atoms with Gasteiger partial charge in [-0.2, -0.15) is 0 Å². The van der Waals surface area contributed by atoms with E-state index < -0.39 is 12.2 Å². The molecule has 0 radical (unpaired) electrons. The number of urea groups is 1. The summed E-state index contributed by atoms with van der Waals surface area (Å²) in [7, 11) is 3.23. The van der Waals surface area contributed by atoms with E-state index >= 15 is 0 Å². The summed E-state index contributed by atoms with van der Waals surface area (Å²) in [6.07, 6.45) is -0.575. The first-order valence-electron chi connectivity index (χ1n) is 9.45. The van der Waals surface area contributed by atoms with E-state index in [1.165, 1.54) is 9.80 Å². The molecule has 1 aromatic carbocycles. The minimum absolute atomic E-state index is 0.212. The number of nitrogens with zero attached hydrogens (tertiary/aromatic N) is 5. The number of fused-ring (bicyclic) bond motifs is 3. The maximum atomic E-state index is 13.3. The molecule has 9 heteroatoms. The average Bonchev–Trinajstić information content (AvgIpc) is 3.18. The number of allylic oxidation sites excluding steroid dienone is 2. The van der Waals surface area contributed by atoms with Gasteiger partial charge in [0.1, 0.15) is 0 Å². The number of aryl methyl sites for hydroxylation is 1. The van der Waals surface area contributed by atoms with Crippen LogP contribution in [0.25, 0.3) is 0 Å². The number of guanidine groups is 1. The van der Waals surface area contributed by atoms with Gasteiger partial charge in [-0.3, -0.25) is 19.5 Å². The summed E-state index contributed by atoms with van der Waals surface area (Å²) in [6, 6.07) is 4.74. The molecule has 3 aliphatic rings. The number of imide groups is 1. The third-order valence-electron chi connectivity index (χ3n) is 5.82. The van der Waals surface area contributed by atoms with Crippen LogP contribution in [0.1, 0.15) is 19.4 Å². The average molecular weight is 418 g/mol. The van der Waals surface area contributed by atoms with Crippen molar-refractivity contribution < 1.29 is 14.3 Å². The van der Waals surface area contributed by atoms with E-state index in [0.717, 1.165) is 22.6 Å². The van der Waals surface area contributed by atoms with E-state index in [1.807, 2.05) is 48.8 Å². The summed E-state index contributed by atoms with van der Waals surface area (Å²) in [5, 5.41) is 0.625. The monoisotopic (exact) mass is 417 g/mol. The van der Waals surface area contributed by atoms with Gasteiger partial charge in [-0.1, -0.05) is 17.7 Å². The molecule has 1 saturated heterocycles. The van der Waals surface area contributed by atoms with E-state index in [9.17, 15) is 9.59 Å². The molecule has 0 aliphatic carbocycles. The summed E-state index contributed by atoms with van der Waals surface area (Å²) in [5.74, 6) is 0.382. The van der Waals surface area contributed by atoms with Gasteiger partial charge < -0.3 is 9.64 Å². The summed E-state index contributed by atoms with van der Waals surface area (Å²) < 4.78 is 5.07. The van der Waals surface area contributed by atoms with Crippen molar-refractivity contribution in [2.75, 3.05) is 32.2 Å². The molecule has 3 aliphatic heterocycles. The van der Waals surface area contributed by atoms with Crippen molar-refractivity contribution >= 4 is 35.2 Å². The second-order valence-electron chi connectivity index (χ2n) is 7.47. The van der Waals surface area contributed by atoms with Gasteiger partial charge in [0, 0.05) is 30.6 Å². The smallest absolute Gasteiger partial charge is 0.328 e. The Labute approximate surface area is 175 Å². The van der Waals surface area contributed by atoms with Crippen molar-refractivity contribution in [1.29, 1.82) is 0 Å². The second kappa shape index (κ2) is 7.03. The Bertz CT molecular complexity index is 959. The highest BCUT2D eigenvalue weighted by Crippen LogP contribution is 2.41. The highest BCUT2D eigenvalue weighted by atomic mass is 35.5. The zero-order valence-corrected chi connectivity index (χ0v) is 17.9. The standard InChI is InChI=1S/C20H24ClN5O3/c1-11-6-7-14(21)10-15(11)25-12(2)13(3)26-16-17(22-19(25)26)23(4)20(28)24(18(16)27)8-9-29-5/h6-7,10,16-17H,8-9H2,1-5H3. The van der Waals surface area contributed by atoms with Crippen molar-refractivity contribution in [2.24, 2.45) is 4.99 Å². The number of halogens is 1. The Hall–Kier alpha value is -2.58. The van der Waals surface area contributed by atoms with E-state index in [0.29, 0.717) is 11.0 Å². The third kappa shape index (κ3) is 2.81. The van der Waals surface area contributed by atoms with Crippen molar-refractivity contribution in [3.05, 3.63) is 40.2 Å². The van der Waals surface area contributed by atoms with Gasteiger partial charge in [-0.25, -0.2) is 9.79 Å². The Morgan fingerprint density at radius 3 is 2.59 bits per heavy atom. The lowest BCUT2D eigenvalue weighted by Crippen LogP contribution is -2.65. The Morgan fingerprint density at radius 1 is 1.17 bits per heavy atom. The fraction of sp³-hybridized carbons (Fsp3) is 0.450. The molecule has 2 unspecified atom stereocenters. The van der Waals surface area contributed by atoms with E-state index in [4.69, 9.17) is 21.3 Å². The van der Waals surface area contributed by atoms with E-state index in [-0.39, 0.29) is 25.1 Å². The van der Waals surface area contributed by atoms with Crippen LogP contribution in [0.2, 0.25) is 5.02 Å². The number of benzene rings is 1. The van der Waals surface area contributed by atoms with Gasteiger partial charge in [0.15, 0.2) is 12.2 Å². The SMILES string of the molecule is COCCN1C(=O)C2C(N=C3N(c4cc(Cl)ccc4C)C(C)=C(C)N32)N(C)C1=O. The Morgan fingerprint density at radius 2 is 1.90 bits per heavy atom. The topological polar surface area (TPSA) is 68.7 Å². The zero-order chi connectivity index (χ0) is 21.0. The van der Waals surface area contributed by atoms with Crippen LogP contribution < -0.4 is 4.90 Å². The van der Waals surface area contributed by atoms with Gasteiger partial charge >= 0.3 is 6.03 Å². The number of carbonyl (C=O) groups excluding carboxylic acids is 2. The molecule has 3 heterocycles. The fourth-order valence-corrected chi connectivity index (χ4v) is 4.28. The minimum atomic E-state index is -0.594. The molecule has 1 fully saturated rings. The van der Waals surface area contributed by atoms with Crippen molar-refractivity contribution in [3.63, 3.8) is 0 Å². The normalized spacial score (nSPS) is 23.9. The molecule has 0 N–H and O–H groups in total.